The quantitative estimate of drug-likeness (QED) is 0.788. The molecule has 0 aromatic carbocycles. The van der Waals surface area contributed by atoms with Crippen LogP contribution in [0.2, 0.25) is 0 Å². The zero-order valence-electron chi connectivity index (χ0n) is 9.85. The van der Waals surface area contributed by atoms with E-state index < -0.39 is 10.0 Å². The van der Waals surface area contributed by atoms with Crippen molar-refractivity contribution in [1.29, 1.82) is 0 Å². The highest BCUT2D eigenvalue weighted by Gasteiger charge is 2.25. The van der Waals surface area contributed by atoms with Gasteiger partial charge in [0.15, 0.2) is 0 Å². The molecule has 2 N–H and O–H groups in total. The molecule has 1 atom stereocenters. The molecule has 0 spiro atoms. The van der Waals surface area contributed by atoms with Crippen LogP contribution in [-0.4, -0.2) is 26.3 Å². The predicted molar refractivity (Wildman–Crippen MR) is 70.6 cm³/mol. The highest BCUT2D eigenvalue weighted by atomic mass is 32.2. The van der Waals surface area contributed by atoms with Gasteiger partial charge >= 0.3 is 0 Å². The molecule has 1 aliphatic carbocycles. The molecule has 1 fully saturated rings. The molecular weight excluding hydrogens is 256 g/mol. The van der Waals surface area contributed by atoms with Crippen molar-refractivity contribution < 1.29 is 8.42 Å². The van der Waals surface area contributed by atoms with Crippen LogP contribution < -0.4 is 10.0 Å². The Morgan fingerprint density at radius 3 is 2.88 bits per heavy atom. The van der Waals surface area contributed by atoms with Gasteiger partial charge in [-0.25, -0.2) is 13.1 Å². The first-order chi connectivity index (χ1) is 8.08. The Morgan fingerprint density at radius 1 is 1.53 bits per heavy atom. The van der Waals surface area contributed by atoms with Gasteiger partial charge in [-0.3, -0.25) is 0 Å². The van der Waals surface area contributed by atoms with Crippen molar-refractivity contribution in [2.24, 2.45) is 0 Å². The Bertz CT molecular complexity index is 438. The van der Waals surface area contributed by atoms with Gasteiger partial charge in [-0.1, -0.05) is 6.07 Å². The van der Waals surface area contributed by atoms with E-state index in [2.05, 4.69) is 10.0 Å². The molecule has 4 nitrogen and oxygen atoms in total. The number of hydrogen-bond donors (Lipinski definition) is 2. The lowest BCUT2D eigenvalue weighted by molar-refractivity contribution is 0.557. The molecule has 1 aromatic rings. The summed E-state index contributed by atoms with van der Waals surface area (Å²) >= 11 is 1.56. The summed E-state index contributed by atoms with van der Waals surface area (Å²) in [6.45, 7) is 2.67. The van der Waals surface area contributed by atoms with E-state index in [9.17, 15) is 8.42 Å². The lowest BCUT2D eigenvalue weighted by Gasteiger charge is -2.14. The number of nitrogens with one attached hydrogen (secondary N) is 2. The van der Waals surface area contributed by atoms with Gasteiger partial charge in [-0.05, 0) is 31.2 Å². The van der Waals surface area contributed by atoms with E-state index in [1.54, 1.807) is 18.3 Å². The van der Waals surface area contributed by atoms with Crippen LogP contribution in [0.5, 0.6) is 0 Å². The SMILES string of the molecule is CC(CNC1CC1)S(=O)(=O)NCc1cccs1. The van der Waals surface area contributed by atoms with Crippen LogP contribution in [-0.2, 0) is 16.6 Å². The first-order valence-electron chi connectivity index (χ1n) is 5.82. The summed E-state index contributed by atoms with van der Waals surface area (Å²) in [5.41, 5.74) is 0. The third kappa shape index (κ3) is 4.06. The van der Waals surface area contributed by atoms with Gasteiger partial charge in [0.05, 0.1) is 5.25 Å². The third-order valence-corrected chi connectivity index (χ3v) is 5.48. The lowest BCUT2D eigenvalue weighted by atomic mass is 10.4. The summed E-state index contributed by atoms with van der Waals surface area (Å²) in [5, 5.41) is 4.80. The third-order valence-electron chi connectivity index (χ3n) is 2.83. The Morgan fingerprint density at radius 2 is 2.29 bits per heavy atom. The van der Waals surface area contributed by atoms with E-state index in [1.165, 1.54) is 12.8 Å². The first kappa shape index (κ1) is 13.0. The van der Waals surface area contributed by atoms with Crippen molar-refractivity contribution in [2.75, 3.05) is 6.54 Å². The minimum Gasteiger partial charge on any atom is -0.313 e. The van der Waals surface area contributed by atoms with Gasteiger partial charge in [0.25, 0.3) is 0 Å². The fourth-order valence-corrected chi connectivity index (χ4v) is 3.15. The molecule has 1 heterocycles. The van der Waals surface area contributed by atoms with Crippen LogP contribution in [0.4, 0.5) is 0 Å². The molecular formula is C11H18N2O2S2. The monoisotopic (exact) mass is 274 g/mol. The van der Waals surface area contributed by atoms with Crippen molar-refractivity contribution in [2.45, 2.75) is 37.6 Å². The second-order valence-corrected chi connectivity index (χ2v) is 7.65. The minimum absolute atomic E-state index is 0.386. The minimum atomic E-state index is -3.21. The van der Waals surface area contributed by atoms with E-state index >= 15 is 0 Å². The number of rotatable bonds is 7. The van der Waals surface area contributed by atoms with Crippen molar-refractivity contribution in [3.63, 3.8) is 0 Å². The molecule has 0 saturated heterocycles. The Kier molecular flexibility index (Phi) is 4.19. The number of hydrogen-bond acceptors (Lipinski definition) is 4. The maximum atomic E-state index is 11.9. The Balaban J connectivity index is 1.79. The summed E-state index contributed by atoms with van der Waals surface area (Å²) in [6, 6.07) is 4.40. The van der Waals surface area contributed by atoms with E-state index in [1.807, 2.05) is 17.5 Å². The topological polar surface area (TPSA) is 58.2 Å². The standard InChI is InChI=1S/C11H18N2O2S2/c1-9(7-12-10-4-5-10)17(14,15)13-8-11-3-2-6-16-11/h2-3,6,9-10,12-13H,4-5,7-8H2,1H3. The van der Waals surface area contributed by atoms with Gasteiger partial charge in [0.2, 0.25) is 10.0 Å². The molecule has 6 heteroatoms. The Hall–Kier alpha value is -0.430. The van der Waals surface area contributed by atoms with E-state index in [0.29, 0.717) is 19.1 Å². The van der Waals surface area contributed by atoms with Crippen LogP contribution in [0.1, 0.15) is 24.6 Å². The summed E-state index contributed by atoms with van der Waals surface area (Å²) in [4.78, 5) is 1.04. The lowest BCUT2D eigenvalue weighted by Crippen LogP contribution is -2.39. The first-order valence-corrected chi connectivity index (χ1v) is 8.25. The van der Waals surface area contributed by atoms with Gasteiger partial charge in [-0.2, -0.15) is 0 Å². The van der Waals surface area contributed by atoms with Crippen LogP contribution in [0.3, 0.4) is 0 Å². The molecule has 0 aliphatic heterocycles. The Labute approximate surface area is 106 Å². The van der Waals surface area contributed by atoms with Crippen molar-refractivity contribution in [3.8, 4) is 0 Å². The van der Waals surface area contributed by atoms with E-state index in [4.69, 9.17) is 0 Å². The molecule has 1 aliphatic rings. The highest BCUT2D eigenvalue weighted by Crippen LogP contribution is 2.18. The maximum Gasteiger partial charge on any atom is 0.215 e. The van der Waals surface area contributed by atoms with Crippen LogP contribution in [0.25, 0.3) is 0 Å². The molecule has 2 rings (SSSR count). The molecule has 0 amide bonds. The molecule has 96 valence electrons. The zero-order valence-corrected chi connectivity index (χ0v) is 11.5. The largest absolute Gasteiger partial charge is 0.313 e. The second kappa shape index (κ2) is 5.48. The number of sulfonamides is 1. The summed E-state index contributed by atoms with van der Waals surface area (Å²) in [7, 11) is -3.21. The normalized spacial score (nSPS) is 18.2. The summed E-state index contributed by atoms with van der Waals surface area (Å²) in [5.74, 6) is 0. The molecule has 1 saturated carbocycles. The van der Waals surface area contributed by atoms with Gasteiger partial charge in [0, 0.05) is 24.0 Å². The second-order valence-electron chi connectivity index (χ2n) is 4.44. The molecule has 17 heavy (non-hydrogen) atoms. The average Bonchev–Trinajstić information content (AvgIpc) is 2.97. The van der Waals surface area contributed by atoms with Crippen molar-refractivity contribution in [1.82, 2.24) is 10.0 Å². The molecule has 0 radical (unpaired) electrons. The van der Waals surface area contributed by atoms with Gasteiger partial charge in [-0.15, -0.1) is 11.3 Å². The molecule has 0 bridgehead atoms. The fraction of sp³-hybridized carbons (Fsp3) is 0.636. The van der Waals surface area contributed by atoms with Gasteiger partial charge < -0.3 is 5.32 Å². The number of thiophene rings is 1. The van der Waals surface area contributed by atoms with Crippen LogP contribution >= 0.6 is 11.3 Å². The summed E-state index contributed by atoms with van der Waals surface area (Å²) in [6.07, 6.45) is 2.35. The molecule has 1 unspecified atom stereocenters. The zero-order chi connectivity index (χ0) is 12.3. The van der Waals surface area contributed by atoms with Crippen LogP contribution in [0.15, 0.2) is 17.5 Å². The van der Waals surface area contributed by atoms with Crippen molar-refractivity contribution >= 4 is 21.4 Å². The van der Waals surface area contributed by atoms with E-state index in [-0.39, 0.29) is 5.25 Å². The summed E-state index contributed by atoms with van der Waals surface area (Å²) < 4.78 is 26.5. The maximum absolute atomic E-state index is 11.9. The fourth-order valence-electron chi connectivity index (χ4n) is 1.46. The average molecular weight is 274 g/mol. The molecule has 1 aromatic heterocycles. The highest BCUT2D eigenvalue weighted by molar-refractivity contribution is 7.90. The predicted octanol–water partition coefficient (Wildman–Crippen LogP) is 1.31. The van der Waals surface area contributed by atoms with E-state index in [0.717, 1.165) is 4.88 Å². The smallest absolute Gasteiger partial charge is 0.215 e. The van der Waals surface area contributed by atoms with Crippen molar-refractivity contribution in [3.05, 3.63) is 22.4 Å². The van der Waals surface area contributed by atoms with Gasteiger partial charge in [0.1, 0.15) is 0 Å². The van der Waals surface area contributed by atoms with Crippen LogP contribution in [0, 0.1) is 0 Å².